The Morgan fingerprint density at radius 2 is 1.92 bits per heavy atom. The molecule has 2 N–H and O–H groups in total. The highest BCUT2D eigenvalue weighted by Gasteiger charge is 2.34. The molecule has 1 aliphatic rings. The maximum absolute atomic E-state index is 13.9. The first-order valence-corrected chi connectivity index (χ1v) is 13.7. The van der Waals surface area contributed by atoms with Crippen LogP contribution in [0.3, 0.4) is 0 Å². The number of hydrogen-bond acceptors (Lipinski definition) is 6. The van der Waals surface area contributed by atoms with E-state index in [0.717, 1.165) is 29.1 Å². The SMILES string of the molecule is C[C@@H](n1cc(C(=O)N[C@@H]2CCC[C@H](Nc3cc(C(F)(F)F)nc4ccc(F)cc34)C2)c(Cl)n1)S(C)(=O)=O. The molecule has 0 aliphatic heterocycles. The number of hydrogen-bond donors (Lipinski definition) is 2. The summed E-state index contributed by atoms with van der Waals surface area (Å²) >= 11 is 6.08. The molecular formula is C23H24ClF4N5O3S. The minimum absolute atomic E-state index is 0.00867. The van der Waals surface area contributed by atoms with Gasteiger partial charge in [-0.1, -0.05) is 11.6 Å². The molecule has 3 atom stereocenters. The first-order valence-electron chi connectivity index (χ1n) is 11.4. The molecule has 4 rings (SSSR count). The van der Waals surface area contributed by atoms with Crippen molar-refractivity contribution in [2.45, 2.75) is 56.2 Å². The molecule has 0 radical (unpaired) electrons. The van der Waals surface area contributed by atoms with Crippen LogP contribution in [0.15, 0.2) is 30.5 Å². The maximum Gasteiger partial charge on any atom is 0.433 e. The van der Waals surface area contributed by atoms with Crippen molar-refractivity contribution in [2.75, 3.05) is 11.6 Å². The lowest BCUT2D eigenvalue weighted by molar-refractivity contribution is -0.140. The second kappa shape index (κ2) is 10.1. The first-order chi connectivity index (χ1) is 17.2. The lowest BCUT2D eigenvalue weighted by atomic mass is 9.90. The number of sulfone groups is 1. The topological polar surface area (TPSA) is 106 Å². The van der Waals surface area contributed by atoms with Crippen LogP contribution in [0.2, 0.25) is 5.15 Å². The Hall–Kier alpha value is -2.93. The van der Waals surface area contributed by atoms with Gasteiger partial charge in [-0.15, -0.1) is 0 Å². The third kappa shape index (κ3) is 6.15. The number of pyridine rings is 1. The van der Waals surface area contributed by atoms with Crippen LogP contribution in [0, 0.1) is 5.82 Å². The van der Waals surface area contributed by atoms with E-state index in [0.29, 0.717) is 25.7 Å². The number of benzene rings is 1. The van der Waals surface area contributed by atoms with E-state index in [2.05, 4.69) is 20.7 Å². The van der Waals surface area contributed by atoms with Crippen LogP contribution in [0.1, 0.15) is 54.0 Å². The van der Waals surface area contributed by atoms with Gasteiger partial charge in [-0.3, -0.25) is 9.48 Å². The van der Waals surface area contributed by atoms with E-state index in [1.54, 1.807) is 0 Å². The fourth-order valence-electron chi connectivity index (χ4n) is 4.30. The Labute approximate surface area is 215 Å². The molecule has 3 aromatic rings. The van der Waals surface area contributed by atoms with Crippen LogP contribution in [-0.2, 0) is 16.0 Å². The summed E-state index contributed by atoms with van der Waals surface area (Å²) in [6.45, 7) is 1.41. The number of amides is 1. The molecule has 1 fully saturated rings. The monoisotopic (exact) mass is 561 g/mol. The Kier molecular flexibility index (Phi) is 7.39. The Morgan fingerprint density at radius 3 is 2.59 bits per heavy atom. The van der Waals surface area contributed by atoms with Crippen molar-refractivity contribution in [1.29, 1.82) is 0 Å². The van der Waals surface area contributed by atoms with Crippen LogP contribution in [-0.4, -0.2) is 47.4 Å². The standard InChI is InChI=1S/C23H24ClF4N5O3S/c1-12(37(2,35)36)33-11-17(21(24)32-33)22(34)30-15-5-3-4-14(9-15)29-19-10-20(23(26,27)28)31-18-7-6-13(25)8-16(18)19/h6-8,10-12,14-15H,3-5,9H2,1-2H3,(H,29,31)(H,30,34)/t12-,14-,15+/m0/s1. The van der Waals surface area contributed by atoms with Gasteiger partial charge in [0.1, 0.15) is 16.9 Å². The molecule has 1 amide bonds. The van der Waals surface area contributed by atoms with E-state index in [-0.39, 0.29) is 39.4 Å². The predicted molar refractivity (Wildman–Crippen MR) is 131 cm³/mol. The van der Waals surface area contributed by atoms with Crippen LogP contribution in [0.25, 0.3) is 10.9 Å². The summed E-state index contributed by atoms with van der Waals surface area (Å²) in [7, 11) is -3.48. The number of fused-ring (bicyclic) bond motifs is 1. The van der Waals surface area contributed by atoms with Gasteiger partial charge in [0.25, 0.3) is 5.91 Å². The van der Waals surface area contributed by atoms with E-state index in [1.807, 2.05) is 0 Å². The molecule has 0 unspecified atom stereocenters. The summed E-state index contributed by atoms with van der Waals surface area (Å²) in [4.78, 5) is 16.5. The Morgan fingerprint density at radius 1 is 1.22 bits per heavy atom. The van der Waals surface area contributed by atoms with Gasteiger partial charge in [0.05, 0.1) is 11.1 Å². The van der Waals surface area contributed by atoms with Gasteiger partial charge in [-0.2, -0.15) is 18.3 Å². The molecule has 200 valence electrons. The normalized spacial score (nSPS) is 19.5. The summed E-state index contributed by atoms with van der Waals surface area (Å²) < 4.78 is 78.8. The summed E-state index contributed by atoms with van der Waals surface area (Å²) in [5, 5.41) is 8.91. The van der Waals surface area contributed by atoms with E-state index in [4.69, 9.17) is 11.6 Å². The number of aromatic nitrogens is 3. The Bertz CT molecular complexity index is 1440. The number of carbonyl (C=O) groups is 1. The number of nitrogens with one attached hydrogen (secondary N) is 2. The average Bonchev–Trinajstić information content (AvgIpc) is 3.19. The summed E-state index contributed by atoms with van der Waals surface area (Å²) in [6, 6.07) is 3.60. The van der Waals surface area contributed by atoms with Crippen molar-refractivity contribution < 1.29 is 30.8 Å². The smallest absolute Gasteiger partial charge is 0.382 e. The molecule has 1 aliphatic carbocycles. The summed E-state index contributed by atoms with van der Waals surface area (Å²) in [5.74, 6) is -1.15. The highest BCUT2D eigenvalue weighted by atomic mass is 35.5. The number of halogens is 5. The zero-order chi connectivity index (χ0) is 27.1. The second-order valence-electron chi connectivity index (χ2n) is 9.13. The molecule has 0 spiro atoms. The molecule has 0 saturated heterocycles. The van der Waals surface area contributed by atoms with Crippen molar-refractivity contribution in [3.8, 4) is 0 Å². The fourth-order valence-corrected chi connectivity index (χ4v) is 5.02. The van der Waals surface area contributed by atoms with Gasteiger partial charge in [0, 0.05) is 35.6 Å². The third-order valence-corrected chi connectivity index (χ3v) is 8.09. The van der Waals surface area contributed by atoms with Gasteiger partial charge in [-0.25, -0.2) is 17.8 Å². The number of alkyl halides is 3. The number of anilines is 1. The quantitative estimate of drug-likeness (QED) is 0.412. The molecule has 0 bridgehead atoms. The second-order valence-corrected chi connectivity index (χ2v) is 11.8. The zero-order valence-corrected chi connectivity index (χ0v) is 21.4. The lowest BCUT2D eigenvalue weighted by Crippen LogP contribution is -2.41. The first kappa shape index (κ1) is 27.1. The van der Waals surface area contributed by atoms with E-state index in [9.17, 15) is 30.8 Å². The molecule has 14 heteroatoms. The molecule has 2 heterocycles. The third-order valence-electron chi connectivity index (χ3n) is 6.35. The minimum atomic E-state index is -4.68. The number of rotatable bonds is 6. The molecule has 1 aromatic carbocycles. The molecular weight excluding hydrogens is 538 g/mol. The Balaban J connectivity index is 1.51. The van der Waals surface area contributed by atoms with Crippen molar-refractivity contribution in [2.24, 2.45) is 0 Å². The predicted octanol–water partition coefficient (Wildman–Crippen LogP) is 4.96. The lowest BCUT2D eigenvalue weighted by Gasteiger charge is -2.31. The van der Waals surface area contributed by atoms with Crippen molar-refractivity contribution in [3.05, 3.63) is 52.7 Å². The highest BCUT2D eigenvalue weighted by Crippen LogP contribution is 2.35. The highest BCUT2D eigenvalue weighted by molar-refractivity contribution is 7.90. The van der Waals surface area contributed by atoms with E-state index in [1.165, 1.54) is 19.2 Å². The molecule has 37 heavy (non-hydrogen) atoms. The largest absolute Gasteiger partial charge is 0.433 e. The minimum Gasteiger partial charge on any atom is -0.382 e. The number of carbonyl (C=O) groups excluding carboxylic acids is 1. The maximum atomic E-state index is 13.9. The van der Waals surface area contributed by atoms with Gasteiger partial charge in [0.2, 0.25) is 0 Å². The van der Waals surface area contributed by atoms with Crippen LogP contribution in [0.5, 0.6) is 0 Å². The van der Waals surface area contributed by atoms with Crippen molar-refractivity contribution in [3.63, 3.8) is 0 Å². The number of nitrogens with zero attached hydrogens (tertiary/aromatic N) is 3. The van der Waals surface area contributed by atoms with Gasteiger partial charge in [0.15, 0.2) is 15.0 Å². The molecule has 2 aromatic heterocycles. The van der Waals surface area contributed by atoms with Gasteiger partial charge >= 0.3 is 6.18 Å². The van der Waals surface area contributed by atoms with Crippen LogP contribution >= 0.6 is 11.6 Å². The van der Waals surface area contributed by atoms with Crippen LogP contribution < -0.4 is 10.6 Å². The van der Waals surface area contributed by atoms with Gasteiger partial charge in [-0.05, 0) is 56.9 Å². The molecule has 1 saturated carbocycles. The summed E-state index contributed by atoms with van der Waals surface area (Å²) in [5.41, 5.74) is -0.968. The van der Waals surface area contributed by atoms with Crippen molar-refractivity contribution in [1.82, 2.24) is 20.1 Å². The van der Waals surface area contributed by atoms with Crippen molar-refractivity contribution >= 4 is 43.9 Å². The summed E-state index contributed by atoms with van der Waals surface area (Å²) in [6.07, 6.45) is -0.0762. The zero-order valence-electron chi connectivity index (χ0n) is 19.8. The average molecular weight is 562 g/mol. The van der Waals surface area contributed by atoms with E-state index < -0.39 is 38.8 Å². The molecule has 8 nitrogen and oxygen atoms in total. The van der Waals surface area contributed by atoms with Crippen LogP contribution in [0.4, 0.5) is 23.2 Å². The van der Waals surface area contributed by atoms with Gasteiger partial charge < -0.3 is 10.6 Å². The van der Waals surface area contributed by atoms with E-state index >= 15 is 0 Å². The fraction of sp³-hybridized carbons (Fsp3) is 0.435.